The quantitative estimate of drug-likeness (QED) is 0.431. The number of benzene rings is 2. The Morgan fingerprint density at radius 3 is 2.83 bits per heavy atom. The first kappa shape index (κ1) is 18.0. The molecule has 4 aromatic rings. The zero-order valence-corrected chi connectivity index (χ0v) is 16.9. The lowest BCUT2D eigenvalue weighted by Crippen LogP contribution is -2.06. The summed E-state index contributed by atoms with van der Waals surface area (Å²) in [5, 5.41) is 8.95. The largest absolute Gasteiger partial charge is 0.383 e. The van der Waals surface area contributed by atoms with Gasteiger partial charge in [0.25, 0.3) is 0 Å². The van der Waals surface area contributed by atoms with Crippen molar-refractivity contribution in [1.82, 2.24) is 14.8 Å². The monoisotopic (exact) mass is 400 g/mol. The van der Waals surface area contributed by atoms with Crippen molar-refractivity contribution >= 4 is 39.7 Å². The normalized spacial score (nSPS) is 12.3. The van der Waals surface area contributed by atoms with E-state index in [0.29, 0.717) is 13.2 Å². The molecule has 1 aliphatic heterocycles. The summed E-state index contributed by atoms with van der Waals surface area (Å²) >= 11 is 1.78. The van der Waals surface area contributed by atoms with Crippen LogP contribution in [0.2, 0.25) is 0 Å². The third-order valence-corrected chi connectivity index (χ3v) is 6.19. The number of nitrogens with one attached hydrogen (secondary N) is 1. The number of methoxy groups -OCH3 is 1. The third kappa shape index (κ3) is 3.30. The molecule has 144 valence electrons. The number of pyridine rings is 1. The SMILES string of the molecule is C=C(c1ccc2c(c1)Nc1ccccc1S2)c1cnc2c(cnn2CCOC)c1. The zero-order valence-electron chi connectivity index (χ0n) is 16.1. The molecule has 29 heavy (non-hydrogen) atoms. The maximum absolute atomic E-state index is 5.14. The van der Waals surface area contributed by atoms with Crippen molar-refractivity contribution in [3.8, 4) is 0 Å². The van der Waals surface area contributed by atoms with Gasteiger partial charge in [0, 0.05) is 34.0 Å². The lowest BCUT2D eigenvalue weighted by molar-refractivity contribution is 0.184. The molecule has 0 saturated heterocycles. The van der Waals surface area contributed by atoms with Crippen molar-refractivity contribution in [2.24, 2.45) is 0 Å². The lowest BCUT2D eigenvalue weighted by atomic mass is 10.00. The summed E-state index contributed by atoms with van der Waals surface area (Å²) in [4.78, 5) is 7.08. The maximum atomic E-state index is 5.14. The molecule has 0 spiro atoms. The predicted octanol–water partition coefficient (Wildman–Crippen LogP) is 5.35. The molecule has 0 bridgehead atoms. The maximum Gasteiger partial charge on any atom is 0.157 e. The highest BCUT2D eigenvalue weighted by Crippen LogP contribution is 2.44. The van der Waals surface area contributed by atoms with E-state index in [1.54, 1.807) is 18.9 Å². The minimum atomic E-state index is 0.607. The molecule has 2 aromatic heterocycles. The predicted molar refractivity (Wildman–Crippen MR) is 118 cm³/mol. The van der Waals surface area contributed by atoms with Crippen molar-refractivity contribution in [3.05, 3.63) is 78.6 Å². The molecule has 0 atom stereocenters. The number of fused-ring (bicyclic) bond motifs is 3. The number of anilines is 2. The van der Waals surface area contributed by atoms with Crippen LogP contribution in [0.1, 0.15) is 11.1 Å². The third-order valence-electron chi connectivity index (χ3n) is 5.04. The van der Waals surface area contributed by atoms with E-state index in [-0.39, 0.29) is 0 Å². The van der Waals surface area contributed by atoms with Crippen LogP contribution in [0.25, 0.3) is 16.6 Å². The van der Waals surface area contributed by atoms with Gasteiger partial charge in [-0.15, -0.1) is 0 Å². The molecule has 0 radical (unpaired) electrons. The Morgan fingerprint density at radius 2 is 1.93 bits per heavy atom. The van der Waals surface area contributed by atoms with Crippen molar-refractivity contribution < 1.29 is 4.74 Å². The molecule has 0 amide bonds. The Balaban J connectivity index is 1.44. The van der Waals surface area contributed by atoms with Crippen LogP contribution in [0.4, 0.5) is 11.4 Å². The average molecular weight is 401 g/mol. The van der Waals surface area contributed by atoms with Crippen LogP contribution in [-0.2, 0) is 11.3 Å². The molecule has 0 fully saturated rings. The Hall–Kier alpha value is -3.09. The van der Waals surface area contributed by atoms with Gasteiger partial charge in [-0.2, -0.15) is 5.10 Å². The van der Waals surface area contributed by atoms with Gasteiger partial charge in [-0.1, -0.05) is 36.5 Å². The van der Waals surface area contributed by atoms with Gasteiger partial charge in [0.1, 0.15) is 0 Å². The lowest BCUT2D eigenvalue weighted by Gasteiger charge is -2.21. The molecular formula is C23H20N4OS. The Morgan fingerprint density at radius 1 is 1.07 bits per heavy atom. The smallest absolute Gasteiger partial charge is 0.157 e. The van der Waals surface area contributed by atoms with E-state index in [2.05, 4.69) is 64.4 Å². The average Bonchev–Trinajstić information content (AvgIpc) is 3.17. The standard InChI is InChI=1S/C23H20N4OS/c1-15(17-11-18-14-25-27(9-10-28-2)23(18)24-13-17)16-7-8-22-20(12-16)26-19-5-3-4-6-21(19)29-22/h3-8,11-14,26H,1,9-10H2,2H3. The molecule has 0 unspecified atom stereocenters. The molecule has 5 nitrogen and oxygen atoms in total. The molecule has 1 N–H and O–H groups in total. The minimum Gasteiger partial charge on any atom is -0.383 e. The molecule has 3 heterocycles. The van der Waals surface area contributed by atoms with Crippen LogP contribution in [0.3, 0.4) is 0 Å². The molecule has 2 aromatic carbocycles. The summed E-state index contributed by atoms with van der Waals surface area (Å²) in [6, 6.07) is 16.9. The fourth-order valence-electron chi connectivity index (χ4n) is 3.47. The van der Waals surface area contributed by atoms with Gasteiger partial charge in [0.2, 0.25) is 0 Å². The molecular weight excluding hydrogens is 380 g/mol. The van der Waals surface area contributed by atoms with Crippen LogP contribution in [0.15, 0.2) is 77.3 Å². The topological polar surface area (TPSA) is 52.0 Å². The van der Waals surface area contributed by atoms with E-state index >= 15 is 0 Å². The fraction of sp³-hybridized carbons (Fsp3) is 0.130. The van der Waals surface area contributed by atoms with Crippen LogP contribution >= 0.6 is 11.8 Å². The number of rotatable bonds is 5. The van der Waals surface area contributed by atoms with Crippen molar-refractivity contribution in [3.63, 3.8) is 0 Å². The van der Waals surface area contributed by atoms with E-state index in [1.807, 2.05) is 23.1 Å². The van der Waals surface area contributed by atoms with Crippen molar-refractivity contribution in [1.29, 1.82) is 0 Å². The first-order valence-electron chi connectivity index (χ1n) is 9.41. The summed E-state index contributed by atoms with van der Waals surface area (Å²) in [7, 11) is 1.69. The van der Waals surface area contributed by atoms with Crippen LogP contribution in [0.5, 0.6) is 0 Å². The number of para-hydroxylation sites is 1. The second kappa shape index (κ2) is 7.39. The van der Waals surface area contributed by atoms with Gasteiger partial charge in [-0.25, -0.2) is 9.67 Å². The van der Waals surface area contributed by atoms with E-state index in [1.165, 1.54) is 9.79 Å². The summed E-state index contributed by atoms with van der Waals surface area (Å²) < 4.78 is 7.00. The Kier molecular flexibility index (Phi) is 4.58. The number of ether oxygens (including phenoxy) is 1. The minimum absolute atomic E-state index is 0.607. The second-order valence-corrected chi connectivity index (χ2v) is 7.99. The van der Waals surface area contributed by atoms with Crippen molar-refractivity contribution in [2.75, 3.05) is 19.0 Å². The fourth-order valence-corrected chi connectivity index (χ4v) is 4.44. The number of hydrogen-bond donors (Lipinski definition) is 1. The van der Waals surface area contributed by atoms with E-state index in [0.717, 1.165) is 39.1 Å². The molecule has 6 heteroatoms. The highest BCUT2D eigenvalue weighted by Gasteiger charge is 2.16. The first-order valence-corrected chi connectivity index (χ1v) is 10.2. The van der Waals surface area contributed by atoms with Gasteiger partial charge in [0.15, 0.2) is 5.65 Å². The zero-order chi connectivity index (χ0) is 19.8. The highest BCUT2D eigenvalue weighted by atomic mass is 32.2. The van der Waals surface area contributed by atoms with Crippen molar-refractivity contribution in [2.45, 2.75) is 16.3 Å². The van der Waals surface area contributed by atoms with E-state index in [9.17, 15) is 0 Å². The summed E-state index contributed by atoms with van der Waals surface area (Å²) in [6.45, 7) is 5.62. The number of nitrogens with zero attached hydrogens (tertiary/aromatic N) is 3. The van der Waals surface area contributed by atoms with Crippen LogP contribution in [0, 0.1) is 0 Å². The van der Waals surface area contributed by atoms with Gasteiger partial charge >= 0.3 is 0 Å². The first-order chi connectivity index (χ1) is 14.2. The molecule has 0 aliphatic carbocycles. The molecule has 5 rings (SSSR count). The van der Waals surface area contributed by atoms with E-state index in [4.69, 9.17) is 4.74 Å². The Bertz CT molecular complexity index is 1230. The molecule has 0 saturated carbocycles. The molecule has 1 aliphatic rings. The summed E-state index contributed by atoms with van der Waals surface area (Å²) in [5.74, 6) is 0. The summed E-state index contributed by atoms with van der Waals surface area (Å²) in [6.07, 6.45) is 3.71. The Labute approximate surface area is 173 Å². The van der Waals surface area contributed by atoms with Crippen LogP contribution < -0.4 is 5.32 Å². The second-order valence-electron chi connectivity index (χ2n) is 6.91. The van der Waals surface area contributed by atoms with Gasteiger partial charge in [-0.3, -0.25) is 0 Å². The van der Waals surface area contributed by atoms with E-state index < -0.39 is 0 Å². The van der Waals surface area contributed by atoms with Gasteiger partial charge in [0.05, 0.1) is 30.7 Å². The van der Waals surface area contributed by atoms with Gasteiger partial charge < -0.3 is 10.1 Å². The van der Waals surface area contributed by atoms with Crippen LogP contribution in [-0.4, -0.2) is 28.5 Å². The number of hydrogen-bond acceptors (Lipinski definition) is 5. The van der Waals surface area contributed by atoms with Gasteiger partial charge in [-0.05, 0) is 41.5 Å². The summed E-state index contributed by atoms with van der Waals surface area (Å²) in [5.41, 5.74) is 6.11. The number of aromatic nitrogens is 3. The highest BCUT2D eigenvalue weighted by molar-refractivity contribution is 7.99.